The van der Waals surface area contributed by atoms with E-state index in [-0.39, 0.29) is 0 Å². The van der Waals surface area contributed by atoms with Crippen LogP contribution in [0.15, 0.2) is 6.07 Å². The summed E-state index contributed by atoms with van der Waals surface area (Å²) in [5, 5.41) is 12.7. The van der Waals surface area contributed by atoms with E-state index in [1.807, 2.05) is 6.07 Å². The Bertz CT molecular complexity index is 507. The molecule has 1 aromatic rings. The van der Waals surface area contributed by atoms with Gasteiger partial charge in [0.2, 0.25) is 0 Å². The number of anilines is 1. The summed E-state index contributed by atoms with van der Waals surface area (Å²) in [5.74, 6) is 0.363. The lowest BCUT2D eigenvalue weighted by molar-refractivity contribution is 0.0697. The molecule has 2 aliphatic carbocycles. The van der Waals surface area contributed by atoms with Crippen molar-refractivity contribution in [3.8, 4) is 0 Å². The average Bonchev–Trinajstić information content (AvgIpc) is 2.92. The molecule has 20 heavy (non-hydrogen) atoms. The summed E-state index contributed by atoms with van der Waals surface area (Å²) in [7, 11) is 0. The van der Waals surface area contributed by atoms with Crippen molar-refractivity contribution in [2.24, 2.45) is 5.92 Å². The van der Waals surface area contributed by atoms with Crippen LogP contribution in [0.3, 0.4) is 0 Å². The summed E-state index contributed by atoms with van der Waals surface area (Å²) in [4.78, 5) is 16.0. The summed E-state index contributed by atoms with van der Waals surface area (Å²) >= 11 is 0. The zero-order valence-corrected chi connectivity index (χ0v) is 11.8. The predicted octanol–water partition coefficient (Wildman–Crippen LogP) is 3.26. The minimum absolute atomic E-state index is 0.335. The summed E-state index contributed by atoms with van der Waals surface area (Å²) < 4.78 is 0. The largest absolute Gasteiger partial charge is 0.478 e. The van der Waals surface area contributed by atoms with Crippen molar-refractivity contribution >= 4 is 11.8 Å². The molecule has 0 aromatic carbocycles. The van der Waals surface area contributed by atoms with E-state index in [0.717, 1.165) is 37.1 Å². The van der Waals surface area contributed by atoms with E-state index >= 15 is 0 Å². The fraction of sp³-hybridized carbons (Fsp3) is 0.625. The van der Waals surface area contributed by atoms with E-state index in [1.165, 1.54) is 32.1 Å². The van der Waals surface area contributed by atoms with Gasteiger partial charge < -0.3 is 10.4 Å². The van der Waals surface area contributed by atoms with Gasteiger partial charge in [-0.15, -0.1) is 0 Å². The van der Waals surface area contributed by atoms with Crippen LogP contribution >= 0.6 is 0 Å². The van der Waals surface area contributed by atoms with E-state index in [9.17, 15) is 9.90 Å². The SMILES string of the molecule is O=C(O)c1cc2c(nc1NCC1CCCCC1)CCC2. The first-order valence-electron chi connectivity index (χ1n) is 7.74. The zero-order chi connectivity index (χ0) is 13.9. The van der Waals surface area contributed by atoms with Gasteiger partial charge in [0.1, 0.15) is 11.4 Å². The van der Waals surface area contributed by atoms with Crippen molar-refractivity contribution in [3.05, 3.63) is 22.9 Å². The number of carbonyl (C=O) groups is 1. The topological polar surface area (TPSA) is 62.2 Å². The molecule has 1 fully saturated rings. The van der Waals surface area contributed by atoms with Crippen LogP contribution in [0.5, 0.6) is 0 Å². The number of nitrogens with one attached hydrogen (secondary N) is 1. The Morgan fingerprint density at radius 3 is 2.80 bits per heavy atom. The number of aromatic nitrogens is 1. The molecule has 0 unspecified atom stereocenters. The Labute approximate surface area is 119 Å². The fourth-order valence-corrected chi connectivity index (χ4v) is 3.40. The maximum absolute atomic E-state index is 11.4. The molecule has 0 saturated heterocycles. The minimum Gasteiger partial charge on any atom is -0.478 e. The van der Waals surface area contributed by atoms with Crippen molar-refractivity contribution < 1.29 is 9.90 Å². The van der Waals surface area contributed by atoms with Gasteiger partial charge in [-0.2, -0.15) is 0 Å². The number of hydrogen-bond acceptors (Lipinski definition) is 3. The quantitative estimate of drug-likeness (QED) is 0.884. The lowest BCUT2D eigenvalue weighted by Gasteiger charge is -2.22. The van der Waals surface area contributed by atoms with Crippen LogP contribution in [0.4, 0.5) is 5.82 Å². The number of nitrogens with zero attached hydrogens (tertiary/aromatic N) is 1. The molecule has 108 valence electrons. The van der Waals surface area contributed by atoms with Crippen LogP contribution in [0, 0.1) is 5.92 Å². The van der Waals surface area contributed by atoms with Crippen molar-refractivity contribution in [2.45, 2.75) is 51.4 Å². The van der Waals surface area contributed by atoms with Crippen molar-refractivity contribution in [3.63, 3.8) is 0 Å². The van der Waals surface area contributed by atoms with E-state index in [0.29, 0.717) is 17.3 Å². The number of fused-ring (bicyclic) bond motifs is 1. The molecule has 3 rings (SSSR count). The van der Waals surface area contributed by atoms with Crippen molar-refractivity contribution in [1.29, 1.82) is 0 Å². The first-order chi connectivity index (χ1) is 9.74. The van der Waals surface area contributed by atoms with Crippen LogP contribution in [-0.4, -0.2) is 22.6 Å². The number of carboxylic acid groups (broad SMARTS) is 1. The molecule has 0 amide bonds. The van der Waals surface area contributed by atoms with Crippen LogP contribution in [-0.2, 0) is 12.8 Å². The second-order valence-corrected chi connectivity index (χ2v) is 6.03. The summed E-state index contributed by atoms with van der Waals surface area (Å²) in [6.07, 6.45) is 9.48. The highest BCUT2D eigenvalue weighted by Crippen LogP contribution is 2.27. The second kappa shape index (κ2) is 5.81. The third-order valence-electron chi connectivity index (χ3n) is 4.56. The molecule has 1 heterocycles. The zero-order valence-electron chi connectivity index (χ0n) is 11.8. The van der Waals surface area contributed by atoms with Gasteiger partial charge >= 0.3 is 5.97 Å². The van der Waals surface area contributed by atoms with E-state index in [1.54, 1.807) is 0 Å². The first-order valence-corrected chi connectivity index (χ1v) is 7.74. The third-order valence-corrected chi connectivity index (χ3v) is 4.56. The molecule has 2 aliphatic rings. The van der Waals surface area contributed by atoms with Crippen LogP contribution in [0.25, 0.3) is 0 Å². The Hall–Kier alpha value is -1.58. The molecule has 1 saturated carbocycles. The smallest absolute Gasteiger partial charge is 0.339 e. The summed E-state index contributed by atoms with van der Waals surface area (Å²) in [6, 6.07) is 1.82. The van der Waals surface area contributed by atoms with Gasteiger partial charge in [0, 0.05) is 12.2 Å². The van der Waals surface area contributed by atoms with Gasteiger partial charge in [0.05, 0.1) is 0 Å². The number of rotatable bonds is 4. The van der Waals surface area contributed by atoms with Gasteiger partial charge in [-0.1, -0.05) is 19.3 Å². The minimum atomic E-state index is -0.877. The Morgan fingerprint density at radius 1 is 1.25 bits per heavy atom. The molecule has 0 aliphatic heterocycles. The molecule has 0 bridgehead atoms. The molecule has 0 spiro atoms. The predicted molar refractivity (Wildman–Crippen MR) is 78.3 cm³/mol. The molecule has 4 nitrogen and oxygen atoms in total. The van der Waals surface area contributed by atoms with Crippen molar-refractivity contribution in [1.82, 2.24) is 4.98 Å². The highest BCUT2D eigenvalue weighted by molar-refractivity contribution is 5.93. The Kier molecular flexibility index (Phi) is 3.90. The normalized spacial score (nSPS) is 18.8. The Morgan fingerprint density at radius 2 is 2.05 bits per heavy atom. The summed E-state index contributed by atoms with van der Waals surface area (Å²) in [5.41, 5.74) is 2.54. The van der Waals surface area contributed by atoms with Gasteiger partial charge in [-0.05, 0) is 49.7 Å². The molecule has 0 atom stereocenters. The number of hydrogen-bond donors (Lipinski definition) is 2. The molecular formula is C16H22N2O2. The lowest BCUT2D eigenvalue weighted by Crippen LogP contribution is -2.19. The average molecular weight is 274 g/mol. The molecule has 0 radical (unpaired) electrons. The second-order valence-electron chi connectivity index (χ2n) is 6.03. The number of aryl methyl sites for hydroxylation is 2. The van der Waals surface area contributed by atoms with Gasteiger partial charge in [0.15, 0.2) is 0 Å². The first kappa shape index (κ1) is 13.4. The summed E-state index contributed by atoms with van der Waals surface area (Å²) in [6.45, 7) is 0.853. The maximum Gasteiger partial charge on any atom is 0.339 e. The Balaban J connectivity index is 1.75. The van der Waals surface area contributed by atoms with E-state index in [2.05, 4.69) is 10.3 Å². The van der Waals surface area contributed by atoms with Gasteiger partial charge in [-0.25, -0.2) is 9.78 Å². The van der Waals surface area contributed by atoms with Gasteiger partial charge in [0.25, 0.3) is 0 Å². The number of aromatic carboxylic acids is 1. The molecule has 2 N–H and O–H groups in total. The number of carboxylic acids is 1. The van der Waals surface area contributed by atoms with E-state index in [4.69, 9.17) is 0 Å². The molecule has 4 heteroatoms. The standard InChI is InChI=1S/C16H22N2O2/c19-16(20)13-9-12-7-4-8-14(12)18-15(13)17-10-11-5-2-1-3-6-11/h9,11H,1-8,10H2,(H,17,18)(H,19,20). The third kappa shape index (κ3) is 2.79. The molecule has 1 aromatic heterocycles. The molecular weight excluding hydrogens is 252 g/mol. The van der Waals surface area contributed by atoms with E-state index < -0.39 is 5.97 Å². The highest BCUT2D eigenvalue weighted by Gasteiger charge is 2.21. The monoisotopic (exact) mass is 274 g/mol. The highest BCUT2D eigenvalue weighted by atomic mass is 16.4. The maximum atomic E-state index is 11.4. The van der Waals surface area contributed by atoms with Crippen LogP contribution < -0.4 is 5.32 Å². The fourth-order valence-electron chi connectivity index (χ4n) is 3.40. The number of pyridine rings is 1. The van der Waals surface area contributed by atoms with Gasteiger partial charge in [-0.3, -0.25) is 0 Å². The van der Waals surface area contributed by atoms with Crippen molar-refractivity contribution in [2.75, 3.05) is 11.9 Å². The lowest BCUT2D eigenvalue weighted by atomic mass is 9.89. The van der Waals surface area contributed by atoms with Crippen LogP contribution in [0.2, 0.25) is 0 Å². The van der Waals surface area contributed by atoms with Crippen LogP contribution in [0.1, 0.15) is 60.1 Å².